The molecule has 2 rings (SSSR count). The first-order valence-electron chi connectivity index (χ1n) is 5.32. The molecule has 0 aliphatic rings. The molecule has 20 heavy (non-hydrogen) atoms. The van der Waals surface area contributed by atoms with Gasteiger partial charge in [-0.05, 0) is 12.1 Å². The number of aliphatic carboxylic acids is 1. The number of alkyl halides is 3. The molecule has 0 saturated heterocycles. The molecule has 8 heteroatoms. The van der Waals surface area contributed by atoms with Crippen LogP contribution in [0.15, 0.2) is 28.8 Å². The third-order valence-electron chi connectivity index (χ3n) is 2.45. The molecule has 0 saturated carbocycles. The summed E-state index contributed by atoms with van der Waals surface area (Å²) in [4.78, 5) is 10.5. The molecule has 0 unspecified atom stereocenters. The number of benzene rings is 1. The summed E-state index contributed by atoms with van der Waals surface area (Å²) in [6.45, 7) is 0. The molecule has 0 fully saturated rings. The van der Waals surface area contributed by atoms with Gasteiger partial charge in [0.1, 0.15) is 17.9 Å². The van der Waals surface area contributed by atoms with Gasteiger partial charge in [0.05, 0.1) is 10.6 Å². The zero-order valence-electron chi connectivity index (χ0n) is 9.74. The Kier molecular flexibility index (Phi) is 3.71. The minimum absolute atomic E-state index is 0.0519. The average molecular weight is 306 g/mol. The second-order valence-electron chi connectivity index (χ2n) is 3.94. The lowest BCUT2D eigenvalue weighted by Gasteiger charge is -2.09. The molecule has 1 N–H and O–H groups in total. The van der Waals surface area contributed by atoms with Crippen LogP contribution in [-0.4, -0.2) is 16.2 Å². The quantitative estimate of drug-likeness (QED) is 0.940. The van der Waals surface area contributed by atoms with Crippen molar-refractivity contribution in [3.63, 3.8) is 0 Å². The second kappa shape index (κ2) is 5.16. The summed E-state index contributed by atoms with van der Waals surface area (Å²) in [5, 5.41) is 11.7. The molecule has 0 aliphatic heterocycles. The topological polar surface area (TPSA) is 63.3 Å². The van der Waals surface area contributed by atoms with Gasteiger partial charge in [0, 0.05) is 11.6 Å². The number of carboxylic acid groups (broad SMARTS) is 1. The van der Waals surface area contributed by atoms with Crippen LogP contribution in [0.3, 0.4) is 0 Å². The molecular formula is C12H7ClF3NO3. The van der Waals surface area contributed by atoms with E-state index in [0.29, 0.717) is 0 Å². The second-order valence-corrected chi connectivity index (χ2v) is 4.35. The van der Waals surface area contributed by atoms with Crippen LogP contribution in [0.25, 0.3) is 11.3 Å². The number of halogens is 4. The highest BCUT2D eigenvalue weighted by atomic mass is 35.5. The van der Waals surface area contributed by atoms with Gasteiger partial charge in [0.25, 0.3) is 0 Å². The molecule has 0 atom stereocenters. The van der Waals surface area contributed by atoms with Crippen molar-refractivity contribution in [1.82, 2.24) is 5.16 Å². The lowest BCUT2D eigenvalue weighted by atomic mass is 10.1. The number of aromatic nitrogens is 1. The van der Waals surface area contributed by atoms with E-state index >= 15 is 0 Å². The van der Waals surface area contributed by atoms with Crippen molar-refractivity contribution in [3.05, 3.63) is 40.6 Å². The third kappa shape index (κ3) is 3.11. The molecule has 1 aromatic heterocycles. The monoisotopic (exact) mass is 305 g/mol. The normalized spacial score (nSPS) is 11.6. The fraction of sp³-hybridized carbons (Fsp3) is 0.167. The van der Waals surface area contributed by atoms with E-state index in [1.165, 1.54) is 12.1 Å². The van der Waals surface area contributed by atoms with E-state index in [-0.39, 0.29) is 17.0 Å². The van der Waals surface area contributed by atoms with Crippen molar-refractivity contribution in [1.29, 1.82) is 0 Å². The van der Waals surface area contributed by atoms with Crippen molar-refractivity contribution in [2.75, 3.05) is 0 Å². The third-order valence-corrected chi connectivity index (χ3v) is 2.78. The molecule has 0 radical (unpaired) electrons. The van der Waals surface area contributed by atoms with Crippen LogP contribution in [0.4, 0.5) is 13.2 Å². The Balaban J connectivity index is 2.38. The summed E-state index contributed by atoms with van der Waals surface area (Å²) in [5.74, 6) is -1.07. The van der Waals surface area contributed by atoms with Crippen molar-refractivity contribution >= 4 is 17.6 Å². The highest BCUT2D eigenvalue weighted by Gasteiger charge is 2.33. The molecule has 1 heterocycles. The van der Waals surface area contributed by atoms with Gasteiger partial charge < -0.3 is 9.63 Å². The Morgan fingerprint density at radius 3 is 2.65 bits per heavy atom. The predicted octanol–water partition coefficient (Wildman–Crippen LogP) is 3.64. The minimum Gasteiger partial charge on any atom is -0.481 e. The Hall–Kier alpha value is -2.02. The van der Waals surface area contributed by atoms with Gasteiger partial charge in [-0.25, -0.2) is 0 Å². The van der Waals surface area contributed by atoms with Crippen LogP contribution in [0.1, 0.15) is 11.3 Å². The number of carbonyl (C=O) groups is 1. The number of nitrogens with zero attached hydrogens (tertiary/aromatic N) is 1. The molecular weight excluding hydrogens is 299 g/mol. The highest BCUT2D eigenvalue weighted by molar-refractivity contribution is 6.31. The van der Waals surface area contributed by atoms with Gasteiger partial charge in [0.2, 0.25) is 0 Å². The van der Waals surface area contributed by atoms with Gasteiger partial charge >= 0.3 is 12.1 Å². The van der Waals surface area contributed by atoms with Crippen LogP contribution < -0.4 is 0 Å². The number of rotatable bonds is 3. The summed E-state index contributed by atoms with van der Waals surface area (Å²) in [6, 6.07) is 4.56. The van der Waals surface area contributed by atoms with E-state index in [9.17, 15) is 18.0 Å². The standard InChI is InChI=1S/C12H7ClF3NO3/c13-9-2-1-6(3-8(9)12(14,15)16)10-4-7(20-17-10)5-11(18)19/h1-4H,5H2,(H,18,19). The summed E-state index contributed by atoms with van der Waals surface area (Å²) >= 11 is 5.50. The average Bonchev–Trinajstić information content (AvgIpc) is 2.75. The van der Waals surface area contributed by atoms with Crippen molar-refractivity contribution in [3.8, 4) is 11.3 Å². The summed E-state index contributed by atoms with van der Waals surface area (Å²) in [6.07, 6.45) is -4.98. The summed E-state index contributed by atoms with van der Waals surface area (Å²) in [5.41, 5.74) is -0.731. The maximum absolute atomic E-state index is 12.7. The van der Waals surface area contributed by atoms with E-state index in [4.69, 9.17) is 21.2 Å². The van der Waals surface area contributed by atoms with Crippen LogP contribution in [0.5, 0.6) is 0 Å². The van der Waals surface area contributed by atoms with E-state index < -0.39 is 29.2 Å². The van der Waals surface area contributed by atoms with Crippen molar-refractivity contribution in [2.45, 2.75) is 12.6 Å². The van der Waals surface area contributed by atoms with Crippen LogP contribution in [0, 0.1) is 0 Å². The number of hydrogen-bond donors (Lipinski definition) is 1. The van der Waals surface area contributed by atoms with Crippen molar-refractivity contribution in [2.24, 2.45) is 0 Å². The zero-order valence-corrected chi connectivity index (χ0v) is 10.5. The first-order valence-corrected chi connectivity index (χ1v) is 5.69. The SMILES string of the molecule is O=C(O)Cc1cc(-c2ccc(Cl)c(C(F)(F)F)c2)no1. The lowest BCUT2D eigenvalue weighted by molar-refractivity contribution is -0.138. The largest absolute Gasteiger partial charge is 0.481 e. The summed E-state index contributed by atoms with van der Waals surface area (Å²) < 4.78 is 42.9. The van der Waals surface area contributed by atoms with Crippen LogP contribution >= 0.6 is 11.6 Å². The first-order chi connectivity index (χ1) is 9.27. The number of hydrogen-bond acceptors (Lipinski definition) is 3. The maximum Gasteiger partial charge on any atom is 0.417 e. The predicted molar refractivity (Wildman–Crippen MR) is 63.3 cm³/mol. The minimum atomic E-state index is -4.58. The highest BCUT2D eigenvalue weighted by Crippen LogP contribution is 2.37. The molecule has 106 valence electrons. The molecule has 2 aromatic rings. The Labute approximate surface area is 115 Å². The molecule has 0 spiro atoms. The molecule has 0 amide bonds. The van der Waals surface area contributed by atoms with E-state index in [1.807, 2.05) is 0 Å². The number of carboxylic acids is 1. The summed E-state index contributed by atoms with van der Waals surface area (Å²) in [7, 11) is 0. The van der Waals surface area contributed by atoms with Gasteiger partial charge in [-0.2, -0.15) is 13.2 Å². The molecule has 4 nitrogen and oxygen atoms in total. The van der Waals surface area contributed by atoms with E-state index in [1.54, 1.807) is 0 Å². The Bertz CT molecular complexity index is 652. The van der Waals surface area contributed by atoms with Crippen LogP contribution in [0.2, 0.25) is 5.02 Å². The molecule has 1 aromatic carbocycles. The Morgan fingerprint density at radius 1 is 1.35 bits per heavy atom. The first kappa shape index (κ1) is 14.4. The van der Waals surface area contributed by atoms with Crippen molar-refractivity contribution < 1.29 is 27.6 Å². The lowest BCUT2D eigenvalue weighted by Crippen LogP contribution is -2.05. The van der Waals surface area contributed by atoms with Gasteiger partial charge in [-0.1, -0.05) is 22.8 Å². The maximum atomic E-state index is 12.7. The fourth-order valence-electron chi connectivity index (χ4n) is 1.58. The fourth-order valence-corrected chi connectivity index (χ4v) is 1.81. The smallest absolute Gasteiger partial charge is 0.417 e. The van der Waals surface area contributed by atoms with E-state index in [0.717, 1.165) is 12.1 Å². The molecule has 0 aliphatic carbocycles. The molecule has 0 bridgehead atoms. The van der Waals surface area contributed by atoms with Gasteiger partial charge in [0.15, 0.2) is 0 Å². The van der Waals surface area contributed by atoms with Gasteiger partial charge in [-0.3, -0.25) is 4.79 Å². The zero-order chi connectivity index (χ0) is 14.9. The van der Waals surface area contributed by atoms with Crippen LogP contribution in [-0.2, 0) is 17.4 Å². The van der Waals surface area contributed by atoms with Gasteiger partial charge in [-0.15, -0.1) is 0 Å². The van der Waals surface area contributed by atoms with E-state index in [2.05, 4.69) is 5.16 Å². The Morgan fingerprint density at radius 2 is 2.05 bits per heavy atom.